The van der Waals surface area contributed by atoms with Crippen molar-refractivity contribution in [2.75, 3.05) is 12.3 Å². The Bertz CT molecular complexity index is 699. The number of imidazole rings is 1. The summed E-state index contributed by atoms with van der Waals surface area (Å²) in [5, 5.41) is 28.7. The van der Waals surface area contributed by atoms with Gasteiger partial charge in [0.15, 0.2) is 17.4 Å². The Morgan fingerprint density at radius 3 is 2.76 bits per heavy atom. The predicted molar refractivity (Wildman–Crippen MR) is 69.2 cm³/mol. The van der Waals surface area contributed by atoms with Crippen LogP contribution in [0.4, 0.5) is 5.95 Å². The Labute approximate surface area is 116 Å². The van der Waals surface area contributed by atoms with E-state index in [1.807, 2.05) is 0 Å². The van der Waals surface area contributed by atoms with Crippen LogP contribution in [0.2, 0.25) is 0 Å². The molecule has 0 radical (unpaired) electrons. The van der Waals surface area contributed by atoms with Crippen LogP contribution in [-0.2, 0) is 4.74 Å². The first-order valence-corrected chi connectivity index (χ1v) is 5.87. The van der Waals surface area contributed by atoms with Gasteiger partial charge in [-0.2, -0.15) is 4.98 Å². The number of aromatic amines is 1. The Hall–Kier alpha value is -2.05. The average molecular weight is 304 g/mol. The molecule has 0 aromatic carbocycles. The monoisotopic (exact) mass is 304 g/mol. The van der Waals surface area contributed by atoms with Crippen LogP contribution in [0.1, 0.15) is 6.23 Å². The molecule has 1 aliphatic rings. The lowest BCUT2D eigenvalue weighted by Gasteiger charge is -2.16. The summed E-state index contributed by atoms with van der Waals surface area (Å²) in [7, 11) is 0. The number of nitrogens with zero attached hydrogens (tertiary/aromatic N) is 3. The van der Waals surface area contributed by atoms with Crippen molar-refractivity contribution < 1.29 is 25.5 Å². The van der Waals surface area contributed by atoms with Crippen LogP contribution in [-0.4, -0.2) is 65.2 Å². The molecule has 11 heteroatoms. The first kappa shape index (κ1) is 15.3. The minimum absolute atomic E-state index is 0. The fourth-order valence-corrected chi connectivity index (χ4v) is 2.24. The maximum absolute atomic E-state index is 11.7. The first-order chi connectivity index (χ1) is 9.52. The van der Waals surface area contributed by atoms with Crippen molar-refractivity contribution in [1.82, 2.24) is 19.5 Å². The molecule has 3 heterocycles. The number of fused-ring (bicyclic) bond motifs is 1. The lowest BCUT2D eigenvalue weighted by molar-refractivity contribution is -0.0511. The van der Waals surface area contributed by atoms with E-state index in [0.717, 1.165) is 0 Å². The van der Waals surface area contributed by atoms with Crippen molar-refractivity contribution in [3.8, 4) is 0 Å². The molecule has 21 heavy (non-hydrogen) atoms. The van der Waals surface area contributed by atoms with Crippen LogP contribution in [0.3, 0.4) is 0 Å². The van der Waals surface area contributed by atoms with Gasteiger partial charge in [-0.1, -0.05) is 0 Å². The Balaban J connectivity index is 0.00000161. The summed E-state index contributed by atoms with van der Waals surface area (Å²) in [6.45, 7) is -0.447. The smallest absolute Gasteiger partial charge is 0.280 e. The van der Waals surface area contributed by atoms with E-state index in [4.69, 9.17) is 15.6 Å². The highest BCUT2D eigenvalue weighted by molar-refractivity contribution is 5.70. The molecule has 0 aliphatic carbocycles. The Kier molecular flexibility index (Phi) is 3.93. The number of aromatic nitrogens is 4. The SMILES string of the molecule is O.[15NH2][13c]1nc2c(ncn2[C@@H]2O[C@H](CO)[C@@H](O)[C@H]2O)c(=O)[15nH]1. The molecular weight excluding hydrogens is 289 g/mol. The van der Waals surface area contributed by atoms with Gasteiger partial charge in [-0.15, -0.1) is 0 Å². The number of nitrogen functional groups attached to an aromatic ring is 1. The standard InChI is InChI=1S/C10H13N5O5.H2O/c11-10-13-7-4(8(19)14-10)12-2-15(7)9-6(18)5(17)3(1-16)20-9;/h2-3,5-6,9,16-18H,1H2,(H3,11,13,14,19);1H2/t3-,5-,6-,9-;/m1./s1/i10+1,11+1,14+1;. The number of hydrogen-bond donors (Lipinski definition) is 5. The number of ether oxygens (including phenoxy) is 1. The largest absolute Gasteiger partial charge is 0.412 e. The van der Waals surface area contributed by atoms with Gasteiger partial charge >= 0.3 is 0 Å². The third kappa shape index (κ3) is 2.26. The Morgan fingerprint density at radius 2 is 2.14 bits per heavy atom. The van der Waals surface area contributed by atoms with Crippen LogP contribution in [0.25, 0.3) is 11.2 Å². The quantitative estimate of drug-likeness (QED) is 0.352. The van der Waals surface area contributed by atoms with Gasteiger partial charge in [0.2, 0.25) is 5.95 Å². The molecule has 0 unspecified atom stereocenters. The molecule has 0 bridgehead atoms. The highest BCUT2D eigenvalue weighted by atomic mass is 16.6. The lowest BCUT2D eigenvalue weighted by atomic mass is 10.1. The zero-order valence-corrected chi connectivity index (χ0v) is 10.7. The number of H-pyrrole nitrogens is 1. The van der Waals surface area contributed by atoms with Crippen LogP contribution in [0.5, 0.6) is 0 Å². The summed E-state index contributed by atoms with van der Waals surface area (Å²) in [5.74, 6) is -0.101. The first-order valence-electron chi connectivity index (χ1n) is 5.87. The topological polar surface area (TPSA) is 191 Å². The lowest BCUT2D eigenvalue weighted by Crippen LogP contribution is -2.33. The summed E-state index contributed by atoms with van der Waals surface area (Å²) < 4.78 is 6.64. The maximum atomic E-state index is 11.7. The van der Waals surface area contributed by atoms with Crippen molar-refractivity contribution in [2.24, 2.45) is 0 Å². The Morgan fingerprint density at radius 1 is 1.43 bits per heavy atom. The van der Waals surface area contributed by atoms with Crippen molar-refractivity contribution >= 4 is 17.1 Å². The second-order valence-corrected chi connectivity index (χ2v) is 4.50. The zero-order chi connectivity index (χ0) is 14.4. The van der Waals surface area contributed by atoms with Gasteiger partial charge in [0, 0.05) is 0 Å². The maximum Gasteiger partial charge on any atom is 0.280 e. The molecular formula is C10H15N5O6. The van der Waals surface area contributed by atoms with E-state index >= 15 is 0 Å². The molecule has 0 amide bonds. The van der Waals surface area contributed by atoms with Gasteiger partial charge in [-0.25, -0.2) is 4.98 Å². The van der Waals surface area contributed by atoms with E-state index in [1.165, 1.54) is 10.9 Å². The van der Waals surface area contributed by atoms with Gasteiger partial charge < -0.3 is 31.3 Å². The average Bonchev–Trinajstić information content (AvgIpc) is 2.93. The van der Waals surface area contributed by atoms with Gasteiger partial charge in [-0.3, -0.25) is 14.3 Å². The van der Waals surface area contributed by atoms with Crippen LogP contribution >= 0.6 is 0 Å². The number of nitrogens with one attached hydrogen (secondary N) is 1. The molecule has 4 atom stereocenters. The highest BCUT2D eigenvalue weighted by Crippen LogP contribution is 2.30. The minimum Gasteiger partial charge on any atom is -0.412 e. The molecule has 2 aromatic heterocycles. The van der Waals surface area contributed by atoms with Crippen molar-refractivity contribution in [2.45, 2.75) is 24.5 Å². The molecule has 2 aromatic rings. The van der Waals surface area contributed by atoms with Crippen molar-refractivity contribution in [3.63, 3.8) is 0 Å². The number of nitrogens with two attached hydrogens (primary N) is 1. The van der Waals surface area contributed by atoms with Gasteiger partial charge in [0.05, 0.1) is 12.9 Å². The highest BCUT2D eigenvalue weighted by Gasteiger charge is 2.44. The summed E-state index contributed by atoms with van der Waals surface area (Å²) >= 11 is 0. The summed E-state index contributed by atoms with van der Waals surface area (Å²) in [4.78, 5) is 21.8. The van der Waals surface area contributed by atoms with E-state index in [-0.39, 0.29) is 22.6 Å². The molecule has 8 N–H and O–H groups in total. The van der Waals surface area contributed by atoms with Crippen LogP contribution in [0.15, 0.2) is 11.1 Å². The third-order valence-electron chi connectivity index (χ3n) is 3.24. The zero-order valence-electron chi connectivity index (χ0n) is 10.7. The second kappa shape index (κ2) is 5.38. The number of aliphatic hydroxyl groups is 3. The van der Waals surface area contributed by atoms with E-state index < -0.39 is 36.7 Å². The van der Waals surface area contributed by atoms with E-state index in [0.29, 0.717) is 0 Å². The van der Waals surface area contributed by atoms with Crippen molar-refractivity contribution in [1.29, 1.82) is 0 Å². The predicted octanol–water partition coefficient (Wildman–Crippen LogP) is -3.51. The van der Waals surface area contributed by atoms with Crippen LogP contribution in [0, 0.1) is 0 Å². The molecule has 1 aliphatic heterocycles. The number of rotatable bonds is 2. The molecule has 1 fully saturated rings. The van der Waals surface area contributed by atoms with Crippen LogP contribution < -0.4 is 11.3 Å². The fourth-order valence-electron chi connectivity index (χ4n) is 2.24. The van der Waals surface area contributed by atoms with Gasteiger partial charge in [-0.05, 0) is 0 Å². The molecule has 0 spiro atoms. The molecule has 1 saturated heterocycles. The second-order valence-electron chi connectivity index (χ2n) is 4.50. The summed E-state index contributed by atoms with van der Waals surface area (Å²) in [6.07, 6.45) is -3.21. The number of anilines is 1. The van der Waals surface area contributed by atoms with E-state index in [1.54, 1.807) is 0 Å². The summed E-state index contributed by atoms with van der Waals surface area (Å²) in [6, 6.07) is 0. The summed E-state index contributed by atoms with van der Waals surface area (Å²) in [5.41, 5.74) is 5.12. The molecule has 11 nitrogen and oxygen atoms in total. The number of aliphatic hydroxyl groups excluding tert-OH is 3. The normalized spacial score (nSPS) is 28.7. The van der Waals surface area contributed by atoms with Crippen molar-refractivity contribution in [3.05, 3.63) is 16.7 Å². The third-order valence-corrected chi connectivity index (χ3v) is 3.24. The molecule has 0 saturated carbocycles. The van der Waals surface area contributed by atoms with E-state index in [9.17, 15) is 15.0 Å². The van der Waals surface area contributed by atoms with Gasteiger partial charge in [0.25, 0.3) is 5.56 Å². The van der Waals surface area contributed by atoms with Gasteiger partial charge in [0.1, 0.15) is 18.3 Å². The molecule has 3 rings (SSSR count). The van der Waals surface area contributed by atoms with E-state index in [2.05, 4.69) is 15.0 Å². The number of hydrogen-bond acceptors (Lipinski definition) is 8. The fraction of sp³-hybridized carbons (Fsp3) is 0.500. The minimum atomic E-state index is -1.29. The molecule has 116 valence electrons.